The van der Waals surface area contributed by atoms with Gasteiger partial charge in [0, 0.05) is 30.2 Å². The van der Waals surface area contributed by atoms with Crippen molar-refractivity contribution in [3.8, 4) is 11.4 Å². The zero-order valence-electron chi connectivity index (χ0n) is 12.8. The van der Waals surface area contributed by atoms with Crippen molar-refractivity contribution in [2.24, 2.45) is 0 Å². The van der Waals surface area contributed by atoms with Crippen LogP contribution in [0.25, 0.3) is 5.69 Å². The van der Waals surface area contributed by atoms with Crippen LogP contribution in [0.3, 0.4) is 0 Å². The topological polar surface area (TPSA) is 56.1 Å². The number of imidazole rings is 1. The Bertz CT molecular complexity index is 780. The molecular formula is C18H17N3O2. The molecule has 3 rings (SSSR count). The van der Waals surface area contributed by atoms with E-state index in [4.69, 9.17) is 4.74 Å². The van der Waals surface area contributed by atoms with Crippen LogP contribution < -0.4 is 10.1 Å². The highest BCUT2D eigenvalue weighted by Gasteiger charge is 2.06. The maximum Gasteiger partial charge on any atom is 0.251 e. The fourth-order valence-corrected chi connectivity index (χ4v) is 2.25. The monoisotopic (exact) mass is 307 g/mol. The third-order valence-electron chi connectivity index (χ3n) is 3.52. The molecule has 1 aromatic heterocycles. The summed E-state index contributed by atoms with van der Waals surface area (Å²) < 4.78 is 7.06. The Kier molecular flexibility index (Phi) is 4.38. The number of aromatic nitrogens is 2. The molecule has 23 heavy (non-hydrogen) atoms. The van der Waals surface area contributed by atoms with Crippen LogP contribution in [0.5, 0.6) is 5.75 Å². The molecule has 0 unspecified atom stereocenters. The van der Waals surface area contributed by atoms with E-state index >= 15 is 0 Å². The summed E-state index contributed by atoms with van der Waals surface area (Å²) >= 11 is 0. The van der Waals surface area contributed by atoms with Crippen LogP contribution in [-0.4, -0.2) is 22.6 Å². The van der Waals surface area contributed by atoms with E-state index in [1.54, 1.807) is 37.8 Å². The van der Waals surface area contributed by atoms with Crippen molar-refractivity contribution in [1.82, 2.24) is 14.9 Å². The first-order chi connectivity index (χ1) is 11.3. The summed E-state index contributed by atoms with van der Waals surface area (Å²) in [7, 11) is 1.58. The largest absolute Gasteiger partial charge is 0.497 e. The first-order valence-electron chi connectivity index (χ1n) is 7.26. The molecule has 2 aromatic carbocycles. The summed E-state index contributed by atoms with van der Waals surface area (Å²) in [6.07, 6.45) is 5.38. The van der Waals surface area contributed by atoms with Crippen LogP contribution >= 0.6 is 0 Å². The summed E-state index contributed by atoms with van der Waals surface area (Å²) in [4.78, 5) is 16.2. The van der Waals surface area contributed by atoms with Gasteiger partial charge in [-0.3, -0.25) is 4.79 Å². The van der Waals surface area contributed by atoms with Crippen molar-refractivity contribution in [3.63, 3.8) is 0 Å². The Labute approximate surface area is 134 Å². The third kappa shape index (κ3) is 3.58. The van der Waals surface area contributed by atoms with Gasteiger partial charge >= 0.3 is 0 Å². The maximum atomic E-state index is 12.2. The summed E-state index contributed by atoms with van der Waals surface area (Å²) in [5.41, 5.74) is 2.65. The number of benzene rings is 2. The number of methoxy groups -OCH3 is 1. The molecule has 0 spiro atoms. The molecule has 0 radical (unpaired) electrons. The molecule has 1 heterocycles. The van der Waals surface area contributed by atoms with Gasteiger partial charge in [-0.05, 0) is 35.9 Å². The number of carbonyl (C=O) groups excluding carboxylic acids is 1. The van der Waals surface area contributed by atoms with Crippen LogP contribution in [0.4, 0.5) is 0 Å². The molecule has 1 amide bonds. The van der Waals surface area contributed by atoms with Crippen molar-refractivity contribution in [1.29, 1.82) is 0 Å². The highest BCUT2D eigenvalue weighted by molar-refractivity contribution is 5.94. The molecule has 0 bridgehead atoms. The van der Waals surface area contributed by atoms with E-state index in [2.05, 4.69) is 10.3 Å². The van der Waals surface area contributed by atoms with Gasteiger partial charge in [0.25, 0.3) is 5.91 Å². The number of nitrogens with one attached hydrogen (secondary N) is 1. The van der Waals surface area contributed by atoms with Gasteiger partial charge in [-0.2, -0.15) is 0 Å². The van der Waals surface area contributed by atoms with Crippen LogP contribution in [0.2, 0.25) is 0 Å². The molecule has 0 saturated heterocycles. The van der Waals surface area contributed by atoms with Crippen molar-refractivity contribution >= 4 is 5.91 Å². The van der Waals surface area contributed by atoms with Crippen LogP contribution in [0.15, 0.2) is 67.3 Å². The summed E-state index contributed by atoms with van der Waals surface area (Å²) in [6.45, 7) is 0.472. The van der Waals surface area contributed by atoms with Crippen molar-refractivity contribution in [3.05, 3.63) is 78.4 Å². The second-order valence-electron chi connectivity index (χ2n) is 5.05. The zero-order valence-corrected chi connectivity index (χ0v) is 12.8. The molecule has 0 fully saturated rings. The van der Waals surface area contributed by atoms with Crippen LogP contribution in [-0.2, 0) is 6.54 Å². The van der Waals surface area contributed by atoms with Gasteiger partial charge in [0.15, 0.2) is 0 Å². The lowest BCUT2D eigenvalue weighted by Crippen LogP contribution is -2.22. The standard InChI is InChI=1S/C18H17N3O2/c1-23-17-4-2-3-15(11-17)18(22)20-12-14-5-7-16(8-6-14)21-10-9-19-13-21/h2-11,13H,12H2,1H3,(H,20,22). The van der Waals surface area contributed by atoms with Gasteiger partial charge in [0.05, 0.1) is 13.4 Å². The van der Waals surface area contributed by atoms with E-state index in [-0.39, 0.29) is 5.91 Å². The number of ether oxygens (including phenoxy) is 1. The molecule has 5 nitrogen and oxygen atoms in total. The van der Waals surface area contributed by atoms with Gasteiger partial charge in [-0.1, -0.05) is 18.2 Å². The Hall–Kier alpha value is -3.08. The molecular weight excluding hydrogens is 290 g/mol. The van der Waals surface area contributed by atoms with Crippen molar-refractivity contribution in [2.45, 2.75) is 6.54 Å². The molecule has 0 aliphatic carbocycles. The minimum atomic E-state index is -0.123. The lowest BCUT2D eigenvalue weighted by molar-refractivity contribution is 0.0950. The second kappa shape index (κ2) is 6.79. The van der Waals surface area contributed by atoms with Gasteiger partial charge < -0.3 is 14.6 Å². The number of carbonyl (C=O) groups is 1. The van der Waals surface area contributed by atoms with Crippen LogP contribution in [0, 0.1) is 0 Å². The average Bonchev–Trinajstić information content (AvgIpc) is 3.15. The molecule has 116 valence electrons. The van der Waals surface area contributed by atoms with E-state index < -0.39 is 0 Å². The molecule has 5 heteroatoms. The van der Waals surface area contributed by atoms with E-state index in [1.807, 2.05) is 41.1 Å². The van der Waals surface area contributed by atoms with Gasteiger partial charge in [-0.25, -0.2) is 4.98 Å². The minimum Gasteiger partial charge on any atom is -0.497 e. The lowest BCUT2D eigenvalue weighted by Gasteiger charge is -2.08. The zero-order chi connectivity index (χ0) is 16.1. The predicted molar refractivity (Wildman–Crippen MR) is 87.7 cm³/mol. The number of rotatable bonds is 5. The molecule has 0 aliphatic heterocycles. The third-order valence-corrected chi connectivity index (χ3v) is 3.52. The molecule has 3 aromatic rings. The van der Waals surface area contributed by atoms with E-state index in [0.29, 0.717) is 17.9 Å². The lowest BCUT2D eigenvalue weighted by atomic mass is 10.1. The van der Waals surface area contributed by atoms with E-state index in [9.17, 15) is 4.79 Å². The first-order valence-corrected chi connectivity index (χ1v) is 7.26. The number of nitrogens with zero attached hydrogens (tertiary/aromatic N) is 2. The highest BCUT2D eigenvalue weighted by Crippen LogP contribution is 2.13. The predicted octanol–water partition coefficient (Wildman–Crippen LogP) is 2.81. The highest BCUT2D eigenvalue weighted by atomic mass is 16.5. The SMILES string of the molecule is COc1cccc(C(=O)NCc2ccc(-n3ccnc3)cc2)c1. The van der Waals surface area contributed by atoms with E-state index in [0.717, 1.165) is 11.3 Å². The fourth-order valence-electron chi connectivity index (χ4n) is 2.25. The normalized spacial score (nSPS) is 10.3. The number of amides is 1. The number of hydrogen-bond acceptors (Lipinski definition) is 3. The number of hydrogen-bond donors (Lipinski definition) is 1. The summed E-state index contributed by atoms with van der Waals surface area (Å²) in [5, 5.41) is 2.91. The quantitative estimate of drug-likeness (QED) is 0.788. The first kappa shape index (κ1) is 14.8. The van der Waals surface area contributed by atoms with Gasteiger partial charge in [0.1, 0.15) is 5.75 Å². The Balaban J connectivity index is 1.62. The molecule has 0 saturated carbocycles. The Morgan fingerprint density at radius 1 is 1.22 bits per heavy atom. The van der Waals surface area contributed by atoms with Gasteiger partial charge in [-0.15, -0.1) is 0 Å². The fraction of sp³-hybridized carbons (Fsp3) is 0.111. The average molecular weight is 307 g/mol. The van der Waals surface area contributed by atoms with Crippen molar-refractivity contribution in [2.75, 3.05) is 7.11 Å². The van der Waals surface area contributed by atoms with Gasteiger partial charge in [0.2, 0.25) is 0 Å². The van der Waals surface area contributed by atoms with E-state index in [1.165, 1.54) is 0 Å². The molecule has 0 aliphatic rings. The second-order valence-corrected chi connectivity index (χ2v) is 5.05. The maximum absolute atomic E-state index is 12.2. The summed E-state index contributed by atoms with van der Waals surface area (Å²) in [6, 6.07) is 15.1. The molecule has 0 atom stereocenters. The smallest absolute Gasteiger partial charge is 0.251 e. The van der Waals surface area contributed by atoms with Crippen molar-refractivity contribution < 1.29 is 9.53 Å². The Morgan fingerprint density at radius 2 is 2.04 bits per heavy atom. The van der Waals surface area contributed by atoms with Crippen LogP contribution in [0.1, 0.15) is 15.9 Å². The minimum absolute atomic E-state index is 0.123. The Morgan fingerprint density at radius 3 is 2.74 bits per heavy atom. The summed E-state index contributed by atoms with van der Waals surface area (Å²) in [5.74, 6) is 0.546. The molecule has 1 N–H and O–H groups in total.